The van der Waals surface area contributed by atoms with Crippen molar-refractivity contribution in [3.63, 3.8) is 0 Å². The van der Waals surface area contributed by atoms with Gasteiger partial charge in [-0.3, -0.25) is 9.59 Å². The Bertz CT molecular complexity index is 1930. The Morgan fingerprint density at radius 3 is 2.38 bits per heavy atom. The number of hydrogen-bond acceptors (Lipinski definition) is 12. The number of carbonyl (C=O) groups excluding carboxylic acids is 2. The van der Waals surface area contributed by atoms with Gasteiger partial charge in [0, 0.05) is 75.5 Å². The van der Waals surface area contributed by atoms with Crippen molar-refractivity contribution in [1.29, 1.82) is 0 Å². The highest BCUT2D eigenvalue weighted by atomic mass is 19.1. The van der Waals surface area contributed by atoms with Crippen LogP contribution in [0.25, 0.3) is 0 Å². The molecule has 0 spiro atoms. The van der Waals surface area contributed by atoms with Crippen LogP contribution < -0.4 is 29.6 Å². The Morgan fingerprint density at radius 2 is 1.65 bits per heavy atom. The minimum Gasteiger partial charge on any atom is -0.493 e. The fraction of sp³-hybridized carbons (Fsp3) is 0.400. The second-order valence-corrected chi connectivity index (χ2v) is 13.4. The van der Waals surface area contributed by atoms with Gasteiger partial charge < -0.3 is 49.0 Å². The molecule has 0 atom stereocenters. The molecule has 15 heteroatoms. The summed E-state index contributed by atoms with van der Waals surface area (Å²) in [6.07, 6.45) is 2.13. The second-order valence-electron chi connectivity index (χ2n) is 13.4. The highest BCUT2D eigenvalue weighted by Crippen LogP contribution is 2.36. The van der Waals surface area contributed by atoms with Crippen LogP contribution >= 0.6 is 0 Å². The van der Waals surface area contributed by atoms with E-state index in [4.69, 9.17) is 23.7 Å². The van der Waals surface area contributed by atoms with Crippen molar-refractivity contribution in [2.45, 2.75) is 20.3 Å². The van der Waals surface area contributed by atoms with Gasteiger partial charge in [0.25, 0.3) is 11.8 Å². The summed E-state index contributed by atoms with van der Waals surface area (Å²) < 4.78 is 43.8. The van der Waals surface area contributed by atoms with Crippen LogP contribution in [0.4, 0.5) is 21.7 Å². The maximum Gasteiger partial charge on any atom is 0.262 e. The topological polar surface area (TPSA) is 140 Å². The SMILES string of the molecule is COc1cc(OCC(=O)N2CCOCC2)ccc1Oc1nc(Nc2ccc(OCCCN3CCN(C)CC3)c(F)c2)ncc1C(=O)Nc1c(C)cccc1C. The third kappa shape index (κ3) is 10.6. The van der Waals surface area contributed by atoms with Crippen LogP contribution in [0.5, 0.6) is 28.9 Å². The van der Waals surface area contributed by atoms with Gasteiger partial charge in [0.05, 0.1) is 26.9 Å². The molecule has 0 unspecified atom stereocenters. The van der Waals surface area contributed by atoms with Gasteiger partial charge in [-0.25, -0.2) is 9.37 Å². The predicted molar refractivity (Wildman–Crippen MR) is 206 cm³/mol. The number of rotatable bonds is 15. The second kappa shape index (κ2) is 18.7. The smallest absolute Gasteiger partial charge is 0.262 e. The van der Waals surface area contributed by atoms with Crippen molar-refractivity contribution in [2.24, 2.45) is 0 Å². The molecule has 2 aliphatic rings. The number of amides is 2. The lowest BCUT2D eigenvalue weighted by Gasteiger charge is -2.32. The van der Waals surface area contributed by atoms with Crippen LogP contribution in [0.3, 0.4) is 0 Å². The fourth-order valence-electron chi connectivity index (χ4n) is 6.19. The van der Waals surface area contributed by atoms with Gasteiger partial charge in [-0.05, 0) is 62.7 Å². The third-order valence-electron chi connectivity index (χ3n) is 9.45. The highest BCUT2D eigenvalue weighted by molar-refractivity contribution is 6.06. The molecule has 6 rings (SSSR count). The number of nitrogens with zero attached hydrogens (tertiary/aromatic N) is 5. The van der Waals surface area contributed by atoms with Crippen LogP contribution in [-0.2, 0) is 9.53 Å². The van der Waals surface area contributed by atoms with Crippen LogP contribution in [0.2, 0.25) is 0 Å². The molecule has 292 valence electrons. The summed E-state index contributed by atoms with van der Waals surface area (Å²) >= 11 is 0. The Morgan fingerprint density at radius 1 is 0.909 bits per heavy atom. The summed E-state index contributed by atoms with van der Waals surface area (Å²) in [5, 5.41) is 5.96. The number of anilines is 3. The van der Waals surface area contributed by atoms with E-state index in [0.29, 0.717) is 50.0 Å². The van der Waals surface area contributed by atoms with Gasteiger partial charge >= 0.3 is 0 Å². The molecule has 2 amide bonds. The van der Waals surface area contributed by atoms with E-state index < -0.39 is 11.7 Å². The minimum absolute atomic E-state index is 0.0400. The Kier molecular flexibility index (Phi) is 13.3. The number of hydrogen-bond donors (Lipinski definition) is 2. The zero-order chi connectivity index (χ0) is 38.7. The summed E-state index contributed by atoms with van der Waals surface area (Å²) in [6, 6.07) is 15.0. The molecule has 2 N–H and O–H groups in total. The van der Waals surface area contributed by atoms with Gasteiger partial charge in [-0.2, -0.15) is 4.98 Å². The van der Waals surface area contributed by atoms with Gasteiger partial charge in [0.15, 0.2) is 29.7 Å². The molecule has 2 aliphatic heterocycles. The third-order valence-corrected chi connectivity index (χ3v) is 9.45. The monoisotopic (exact) mass is 757 g/mol. The Labute approximate surface area is 320 Å². The Balaban J connectivity index is 1.17. The van der Waals surface area contributed by atoms with Crippen molar-refractivity contribution in [1.82, 2.24) is 24.7 Å². The van der Waals surface area contributed by atoms with Crippen molar-refractivity contribution < 1.29 is 37.7 Å². The molecule has 3 heterocycles. The molecule has 0 saturated carbocycles. The van der Waals surface area contributed by atoms with Crippen molar-refractivity contribution >= 4 is 29.1 Å². The number of likely N-dealkylation sites (N-methyl/N-ethyl adjacent to an activating group) is 1. The van der Waals surface area contributed by atoms with E-state index in [1.54, 1.807) is 35.2 Å². The number of nitrogens with one attached hydrogen (secondary N) is 2. The van der Waals surface area contributed by atoms with E-state index in [0.717, 1.165) is 50.3 Å². The first-order chi connectivity index (χ1) is 26.7. The largest absolute Gasteiger partial charge is 0.493 e. The number of carbonyl (C=O) groups is 2. The van der Waals surface area contributed by atoms with E-state index in [1.165, 1.54) is 19.4 Å². The van der Waals surface area contributed by atoms with Crippen LogP contribution in [0, 0.1) is 19.7 Å². The van der Waals surface area contributed by atoms with Gasteiger partial charge in [-0.15, -0.1) is 0 Å². The van der Waals surface area contributed by atoms with Crippen LogP contribution in [0.15, 0.2) is 60.8 Å². The first kappa shape index (κ1) is 39.2. The van der Waals surface area contributed by atoms with Gasteiger partial charge in [0.2, 0.25) is 11.8 Å². The number of para-hydroxylation sites is 1. The van der Waals surface area contributed by atoms with E-state index in [2.05, 4.69) is 37.4 Å². The number of halogens is 1. The maximum atomic E-state index is 15.1. The lowest BCUT2D eigenvalue weighted by atomic mass is 10.1. The number of aryl methyl sites for hydroxylation is 2. The normalized spacial score (nSPS) is 15.0. The van der Waals surface area contributed by atoms with Crippen LogP contribution in [0.1, 0.15) is 27.9 Å². The average molecular weight is 758 g/mol. The number of ether oxygens (including phenoxy) is 5. The van der Waals surface area contributed by atoms with Crippen molar-refractivity contribution in [3.05, 3.63) is 83.3 Å². The minimum atomic E-state index is -0.538. The lowest BCUT2D eigenvalue weighted by molar-refractivity contribution is -0.137. The predicted octanol–water partition coefficient (Wildman–Crippen LogP) is 5.28. The molecule has 4 aromatic rings. The zero-order valence-corrected chi connectivity index (χ0v) is 31.7. The number of piperazine rings is 1. The van der Waals surface area contributed by atoms with Crippen LogP contribution in [-0.4, -0.2) is 123 Å². The summed E-state index contributed by atoms with van der Waals surface area (Å²) in [7, 11) is 3.58. The Hall–Kier alpha value is -5.51. The molecule has 0 radical (unpaired) electrons. The summed E-state index contributed by atoms with van der Waals surface area (Å²) in [5.41, 5.74) is 2.82. The molecule has 1 aromatic heterocycles. The standard InChI is InChI=1S/C40H48FN7O7/c1-27-7-5-8-28(2)37(27)44-38(50)31-25-42-40(43-29-9-11-33(32(41)23-29)53-20-6-13-47-16-14-46(3)15-17-47)45-39(31)55-34-12-10-30(24-35(34)51-4)54-26-36(49)48-18-21-52-22-19-48/h5,7-12,23-25H,6,13-22,26H2,1-4H3,(H,44,50)(H,42,43,45). The van der Waals surface area contributed by atoms with E-state index in [-0.39, 0.29) is 47.2 Å². The maximum absolute atomic E-state index is 15.1. The molecule has 3 aromatic carbocycles. The number of morpholine rings is 1. The molecule has 55 heavy (non-hydrogen) atoms. The molecular formula is C40H48FN7O7. The average Bonchev–Trinajstić information content (AvgIpc) is 3.19. The molecule has 2 fully saturated rings. The quantitative estimate of drug-likeness (QED) is 0.153. The zero-order valence-electron chi connectivity index (χ0n) is 31.7. The number of methoxy groups -OCH3 is 1. The summed E-state index contributed by atoms with van der Waals surface area (Å²) in [6.45, 7) is 11.1. The molecule has 2 saturated heterocycles. The molecular weight excluding hydrogens is 709 g/mol. The first-order valence-corrected chi connectivity index (χ1v) is 18.4. The van der Waals surface area contributed by atoms with Crippen molar-refractivity contribution in [2.75, 3.05) is 97.0 Å². The highest BCUT2D eigenvalue weighted by Gasteiger charge is 2.22. The fourth-order valence-corrected chi connectivity index (χ4v) is 6.19. The van der Waals surface area contributed by atoms with Gasteiger partial charge in [0.1, 0.15) is 11.3 Å². The lowest BCUT2D eigenvalue weighted by Crippen LogP contribution is -2.44. The summed E-state index contributed by atoms with van der Waals surface area (Å²) in [4.78, 5) is 41.6. The number of benzene rings is 3. The first-order valence-electron chi connectivity index (χ1n) is 18.4. The van der Waals surface area contributed by atoms with E-state index in [9.17, 15) is 9.59 Å². The molecule has 0 aliphatic carbocycles. The summed E-state index contributed by atoms with van der Waals surface area (Å²) in [5.74, 6) is -0.195. The van der Waals surface area contributed by atoms with E-state index in [1.807, 2.05) is 32.0 Å². The van der Waals surface area contributed by atoms with E-state index >= 15 is 4.39 Å². The molecule has 0 bridgehead atoms. The molecule has 14 nitrogen and oxygen atoms in total. The van der Waals surface area contributed by atoms with Gasteiger partial charge in [-0.1, -0.05) is 18.2 Å². The number of aromatic nitrogens is 2. The van der Waals surface area contributed by atoms with Crippen molar-refractivity contribution in [3.8, 4) is 28.9 Å².